The van der Waals surface area contributed by atoms with Gasteiger partial charge in [-0.1, -0.05) is 78.3 Å². The van der Waals surface area contributed by atoms with Crippen LogP contribution < -0.4 is 5.56 Å². The molecule has 5 aromatic rings. The zero-order valence-electron chi connectivity index (χ0n) is 18.1. The first-order valence-electron chi connectivity index (χ1n) is 11.2. The van der Waals surface area contributed by atoms with Crippen molar-refractivity contribution in [3.05, 3.63) is 112 Å². The zero-order chi connectivity index (χ0) is 22.8. The van der Waals surface area contributed by atoms with Gasteiger partial charge in [0, 0.05) is 21.9 Å². The smallest absolute Gasteiger partial charge is 0.263 e. The number of aryl methyl sites for hydroxylation is 1. The Morgan fingerprint density at radius 1 is 0.727 bits per heavy atom. The summed E-state index contributed by atoms with van der Waals surface area (Å²) in [5.41, 5.74) is 3.84. The van der Waals surface area contributed by atoms with Crippen molar-refractivity contribution in [1.82, 2.24) is 4.57 Å². The predicted octanol–water partition coefficient (Wildman–Crippen LogP) is 8.03. The van der Waals surface area contributed by atoms with Gasteiger partial charge in [-0.25, -0.2) is 0 Å². The molecule has 0 fully saturated rings. The number of aromatic nitrogens is 1. The van der Waals surface area contributed by atoms with Gasteiger partial charge in [0.2, 0.25) is 0 Å². The van der Waals surface area contributed by atoms with Crippen LogP contribution in [-0.2, 0) is 6.42 Å². The van der Waals surface area contributed by atoms with E-state index < -0.39 is 0 Å². The number of halogens is 2. The molecule has 0 saturated carbocycles. The van der Waals surface area contributed by atoms with Crippen LogP contribution in [0.3, 0.4) is 0 Å². The second-order valence-corrected chi connectivity index (χ2v) is 8.98. The fraction of sp³-hybridized carbons (Fsp3) is 0.138. The Balaban J connectivity index is 1.96. The van der Waals surface area contributed by atoms with Crippen LogP contribution in [0.4, 0.5) is 0 Å². The number of nitrogens with zero attached hydrogens (tertiary/aromatic N) is 1. The minimum absolute atomic E-state index is 0.0445. The topological polar surface area (TPSA) is 22.0 Å². The molecule has 0 saturated heterocycles. The lowest BCUT2D eigenvalue weighted by atomic mass is 9.92. The molecule has 2 nitrogen and oxygen atoms in total. The van der Waals surface area contributed by atoms with Crippen molar-refractivity contribution in [2.75, 3.05) is 5.88 Å². The van der Waals surface area contributed by atoms with Gasteiger partial charge >= 0.3 is 0 Å². The molecule has 0 bridgehead atoms. The first kappa shape index (κ1) is 21.8. The normalized spacial score (nSPS) is 11.3. The van der Waals surface area contributed by atoms with Crippen molar-refractivity contribution in [3.8, 4) is 16.9 Å². The quantitative estimate of drug-likeness (QED) is 0.181. The Bertz CT molecular complexity index is 1510. The average Bonchev–Trinajstić information content (AvgIpc) is 2.85. The fourth-order valence-electron chi connectivity index (χ4n) is 4.64. The lowest BCUT2D eigenvalue weighted by molar-refractivity contribution is 0.797. The summed E-state index contributed by atoms with van der Waals surface area (Å²) in [6.45, 7) is 0. The van der Waals surface area contributed by atoms with Gasteiger partial charge in [0.15, 0.2) is 0 Å². The molecule has 0 amide bonds. The Morgan fingerprint density at radius 3 is 2.21 bits per heavy atom. The molecule has 0 aliphatic heterocycles. The summed E-state index contributed by atoms with van der Waals surface area (Å²) in [5.74, 6) is 0.621. The molecule has 0 spiro atoms. The summed E-state index contributed by atoms with van der Waals surface area (Å²) in [6.07, 6.45) is 2.69. The number of hydrogen-bond donors (Lipinski definition) is 0. The Hall–Kier alpha value is -3.07. The molecule has 1 aromatic heterocycles. The molecule has 0 atom stereocenters. The van der Waals surface area contributed by atoms with Crippen molar-refractivity contribution >= 4 is 44.7 Å². The minimum Gasteiger partial charge on any atom is -0.276 e. The standard InChI is InChI=1S/C29H23Cl2NO/c30-18-6-5-15-26-24-14-3-4-16-27(24)29(33)32(22-12-8-11-21(31)19-22)28(26)25-17-7-10-20-9-1-2-13-23(20)25/h1-4,7-14,16-17,19H,5-6,15,18H2. The fourth-order valence-corrected chi connectivity index (χ4v) is 5.02. The summed E-state index contributed by atoms with van der Waals surface area (Å²) in [4.78, 5) is 14.0. The molecule has 0 unspecified atom stereocenters. The first-order valence-corrected chi connectivity index (χ1v) is 12.1. The van der Waals surface area contributed by atoms with E-state index in [4.69, 9.17) is 23.2 Å². The van der Waals surface area contributed by atoms with Crippen LogP contribution in [0.25, 0.3) is 38.5 Å². The van der Waals surface area contributed by atoms with Gasteiger partial charge in [-0.05, 0) is 65.3 Å². The average molecular weight is 472 g/mol. The zero-order valence-corrected chi connectivity index (χ0v) is 19.6. The summed E-state index contributed by atoms with van der Waals surface area (Å²) < 4.78 is 1.84. The predicted molar refractivity (Wildman–Crippen MR) is 141 cm³/mol. The molecule has 0 N–H and O–H groups in total. The molecule has 4 aromatic carbocycles. The molecule has 0 aliphatic rings. The minimum atomic E-state index is -0.0445. The third-order valence-corrected chi connectivity index (χ3v) is 6.62. The lowest BCUT2D eigenvalue weighted by Gasteiger charge is -2.21. The molecule has 1 heterocycles. The summed E-state index contributed by atoms with van der Waals surface area (Å²) in [5, 5.41) is 4.56. The van der Waals surface area contributed by atoms with Gasteiger partial charge < -0.3 is 0 Å². The highest BCUT2D eigenvalue weighted by molar-refractivity contribution is 6.30. The van der Waals surface area contributed by atoms with Crippen LogP contribution in [0.5, 0.6) is 0 Å². The number of alkyl halides is 1. The maximum Gasteiger partial charge on any atom is 0.263 e. The van der Waals surface area contributed by atoms with E-state index in [1.54, 1.807) is 0 Å². The third-order valence-electron chi connectivity index (χ3n) is 6.12. The van der Waals surface area contributed by atoms with Crippen LogP contribution in [0.15, 0.2) is 95.8 Å². The van der Waals surface area contributed by atoms with E-state index >= 15 is 0 Å². The third kappa shape index (κ3) is 4.06. The molecular formula is C29H23Cl2NO. The van der Waals surface area contributed by atoms with Crippen molar-refractivity contribution in [1.29, 1.82) is 0 Å². The SMILES string of the molecule is O=c1c2ccccc2c(CCCCCl)c(-c2cccc3ccccc23)n1-c1cccc(Cl)c1. The van der Waals surface area contributed by atoms with E-state index in [1.807, 2.05) is 59.2 Å². The van der Waals surface area contributed by atoms with Crippen molar-refractivity contribution in [2.24, 2.45) is 0 Å². The van der Waals surface area contributed by atoms with Gasteiger partial charge in [0.25, 0.3) is 5.56 Å². The summed E-state index contributed by atoms with van der Waals surface area (Å²) in [6, 6.07) is 30.0. The Kier molecular flexibility index (Phi) is 6.22. The summed E-state index contributed by atoms with van der Waals surface area (Å²) in [7, 11) is 0. The van der Waals surface area contributed by atoms with Gasteiger partial charge in [-0.3, -0.25) is 9.36 Å². The van der Waals surface area contributed by atoms with Gasteiger partial charge in [0.05, 0.1) is 11.4 Å². The second-order valence-electron chi connectivity index (χ2n) is 8.17. The molecule has 164 valence electrons. The van der Waals surface area contributed by atoms with Gasteiger partial charge in [0.1, 0.15) is 0 Å². The van der Waals surface area contributed by atoms with E-state index in [2.05, 4.69) is 36.4 Å². The highest BCUT2D eigenvalue weighted by Gasteiger charge is 2.20. The van der Waals surface area contributed by atoms with Gasteiger partial charge in [-0.15, -0.1) is 11.6 Å². The number of unbranched alkanes of at least 4 members (excludes halogenated alkanes) is 1. The van der Waals surface area contributed by atoms with Crippen molar-refractivity contribution in [3.63, 3.8) is 0 Å². The van der Waals surface area contributed by atoms with Crippen LogP contribution in [0, 0.1) is 0 Å². The largest absolute Gasteiger partial charge is 0.276 e. The maximum absolute atomic E-state index is 14.0. The van der Waals surface area contributed by atoms with Crippen LogP contribution >= 0.6 is 23.2 Å². The van der Waals surface area contributed by atoms with Crippen molar-refractivity contribution in [2.45, 2.75) is 19.3 Å². The molecule has 4 heteroatoms. The molecule has 0 aliphatic carbocycles. The molecule has 5 rings (SSSR count). The Morgan fingerprint density at radius 2 is 1.42 bits per heavy atom. The molecular weight excluding hydrogens is 449 g/mol. The number of benzene rings is 4. The number of pyridine rings is 1. The van der Waals surface area contributed by atoms with Crippen LogP contribution in [0.2, 0.25) is 5.02 Å². The van der Waals surface area contributed by atoms with E-state index in [0.29, 0.717) is 16.3 Å². The number of hydrogen-bond acceptors (Lipinski definition) is 1. The number of fused-ring (bicyclic) bond motifs is 2. The van der Waals surface area contributed by atoms with E-state index in [0.717, 1.165) is 57.9 Å². The van der Waals surface area contributed by atoms with E-state index in [9.17, 15) is 4.79 Å². The van der Waals surface area contributed by atoms with E-state index in [-0.39, 0.29) is 5.56 Å². The Labute approximate surface area is 203 Å². The lowest BCUT2D eigenvalue weighted by Crippen LogP contribution is -2.22. The monoisotopic (exact) mass is 471 g/mol. The summed E-state index contributed by atoms with van der Waals surface area (Å²) >= 11 is 12.4. The first-order chi connectivity index (χ1) is 16.2. The van der Waals surface area contributed by atoms with Crippen LogP contribution in [0.1, 0.15) is 18.4 Å². The highest BCUT2D eigenvalue weighted by Crippen LogP contribution is 2.36. The molecule has 33 heavy (non-hydrogen) atoms. The van der Waals surface area contributed by atoms with E-state index in [1.165, 1.54) is 0 Å². The number of rotatable bonds is 6. The molecule has 0 radical (unpaired) electrons. The van der Waals surface area contributed by atoms with Crippen LogP contribution in [-0.4, -0.2) is 10.4 Å². The maximum atomic E-state index is 14.0. The second kappa shape index (κ2) is 9.43. The highest BCUT2D eigenvalue weighted by atomic mass is 35.5. The van der Waals surface area contributed by atoms with Crippen molar-refractivity contribution < 1.29 is 0 Å². The van der Waals surface area contributed by atoms with Gasteiger partial charge in [-0.2, -0.15) is 0 Å².